The van der Waals surface area contributed by atoms with E-state index in [0.717, 1.165) is 29.9 Å². The highest BCUT2D eigenvalue weighted by atomic mass is 32.2. The maximum absolute atomic E-state index is 10.3. The van der Waals surface area contributed by atoms with Crippen molar-refractivity contribution in [2.45, 2.75) is 50.0 Å². The van der Waals surface area contributed by atoms with Crippen LogP contribution in [-0.4, -0.2) is 158 Å². The third-order valence-corrected chi connectivity index (χ3v) is 5.07. The van der Waals surface area contributed by atoms with Crippen LogP contribution in [0.3, 0.4) is 0 Å². The Morgan fingerprint density at radius 1 is 0.700 bits per heavy atom. The molecular weight excluding hydrogens is 558 g/mol. The molecule has 0 aromatic rings. The second-order valence-corrected chi connectivity index (χ2v) is 12.3. The van der Waals surface area contributed by atoms with Crippen molar-refractivity contribution in [3.63, 3.8) is 0 Å². The van der Waals surface area contributed by atoms with Crippen molar-refractivity contribution in [2.75, 3.05) is 110 Å². The lowest BCUT2D eigenvalue weighted by atomic mass is 10.7. The van der Waals surface area contributed by atoms with Crippen molar-refractivity contribution in [1.82, 2.24) is 34.4 Å². The lowest BCUT2D eigenvalue weighted by Gasteiger charge is -2.02. The lowest BCUT2D eigenvalue weighted by Crippen LogP contribution is -2.19. The van der Waals surface area contributed by atoms with Gasteiger partial charge < -0.3 is 25.3 Å². The molecule has 15 heteroatoms. The van der Waals surface area contributed by atoms with Crippen LogP contribution in [0.15, 0.2) is 0 Å². The number of rotatable bonds is 4. The van der Waals surface area contributed by atoms with E-state index in [1.54, 1.807) is 21.1 Å². The summed E-state index contributed by atoms with van der Waals surface area (Å²) in [5.41, 5.74) is 0. The van der Waals surface area contributed by atoms with E-state index in [1.807, 2.05) is 33.1 Å². The lowest BCUT2D eigenvalue weighted by molar-refractivity contribution is -0.126. The van der Waals surface area contributed by atoms with Gasteiger partial charge >= 0.3 is 0 Å². The molecule has 0 aliphatic carbocycles. The Morgan fingerprint density at radius 2 is 0.850 bits per heavy atom. The van der Waals surface area contributed by atoms with Gasteiger partial charge in [-0.3, -0.25) is 9.59 Å². The van der Waals surface area contributed by atoms with E-state index < -0.39 is 20.0 Å². The second-order valence-electron chi connectivity index (χ2n) is 8.19. The van der Waals surface area contributed by atoms with Gasteiger partial charge in [0.2, 0.25) is 31.9 Å². The van der Waals surface area contributed by atoms with E-state index in [2.05, 4.69) is 48.2 Å². The Balaban J connectivity index is -0.0000000327. The number of carbonyl (C=O) groups excluding carboxylic acids is 2. The minimum atomic E-state index is -2.91. The average molecular weight is 632 g/mol. The van der Waals surface area contributed by atoms with Crippen molar-refractivity contribution >= 4 is 31.9 Å². The van der Waals surface area contributed by atoms with E-state index in [1.165, 1.54) is 39.9 Å². The summed E-state index contributed by atoms with van der Waals surface area (Å²) in [5, 5.41) is 5.32. The molecule has 0 heterocycles. The Bertz CT molecular complexity index is 681. The highest BCUT2D eigenvalue weighted by Gasteiger charge is 2.01. The van der Waals surface area contributed by atoms with Crippen LogP contribution in [0.1, 0.15) is 50.0 Å². The van der Waals surface area contributed by atoms with Crippen LogP contribution in [0.25, 0.3) is 0 Å². The van der Waals surface area contributed by atoms with Gasteiger partial charge in [-0.1, -0.05) is 36.1 Å². The molecule has 0 aliphatic rings. The van der Waals surface area contributed by atoms with Crippen molar-refractivity contribution in [2.24, 2.45) is 0 Å². The summed E-state index contributed by atoms with van der Waals surface area (Å²) < 4.78 is 43.5. The van der Waals surface area contributed by atoms with Gasteiger partial charge in [-0.25, -0.2) is 25.9 Å². The first-order valence-corrected chi connectivity index (χ1v) is 15.1. The molecule has 0 bridgehead atoms. The number of hydrogen-bond donors (Lipinski definition) is 3. The van der Waals surface area contributed by atoms with Gasteiger partial charge in [-0.2, -0.15) is 0 Å². The summed E-state index contributed by atoms with van der Waals surface area (Å²) in [6.07, 6.45) is 2.26. The average Bonchev–Trinajstić information content (AvgIpc) is 2.73. The van der Waals surface area contributed by atoms with Gasteiger partial charge in [0.05, 0.1) is 12.5 Å². The van der Waals surface area contributed by atoms with Crippen LogP contribution in [0, 0.1) is 0 Å². The van der Waals surface area contributed by atoms with E-state index >= 15 is 0 Å². The predicted molar refractivity (Wildman–Crippen MR) is 180 cm³/mol. The minimum Gasteiger partial charge on any atom is -0.359 e. The topological polar surface area (TPSA) is 151 Å². The normalized spacial score (nSPS) is 8.82. The first-order valence-electron chi connectivity index (χ1n) is 11.4. The van der Waals surface area contributed by atoms with Crippen LogP contribution < -0.4 is 15.4 Å². The maximum Gasteiger partial charge on any atom is 0.218 e. The van der Waals surface area contributed by atoms with Gasteiger partial charge in [0.15, 0.2) is 0 Å². The van der Waals surface area contributed by atoms with Gasteiger partial charge in [0, 0.05) is 49.1 Å². The van der Waals surface area contributed by atoms with Crippen molar-refractivity contribution < 1.29 is 26.4 Å². The molecule has 256 valence electrons. The molecule has 0 aromatic carbocycles. The number of nitrogens with one attached hydrogen (secondary N) is 3. The molecule has 0 spiro atoms. The fourth-order valence-corrected chi connectivity index (χ4v) is 0. The van der Waals surface area contributed by atoms with Crippen LogP contribution in [0.2, 0.25) is 0 Å². The number of hydrogen-bond acceptors (Lipinski definition) is 9. The van der Waals surface area contributed by atoms with E-state index in [-0.39, 0.29) is 34.1 Å². The molecule has 0 saturated heterocycles. The molecule has 0 atom stereocenters. The first kappa shape index (κ1) is 66.7. The summed E-state index contributed by atoms with van der Waals surface area (Å²) in [6.45, 7) is 9.40. The summed E-state index contributed by atoms with van der Waals surface area (Å²) in [6, 6.07) is 0. The molecule has 2 amide bonds. The number of carbonyl (C=O) groups is 2. The number of amides is 2. The van der Waals surface area contributed by atoms with Crippen LogP contribution in [-0.2, 0) is 29.6 Å². The van der Waals surface area contributed by atoms with Crippen molar-refractivity contribution in [3.8, 4) is 0 Å². The molecule has 0 rings (SSSR count). The zero-order valence-electron chi connectivity index (χ0n) is 27.0. The zero-order chi connectivity index (χ0) is 32.0. The standard InChI is InChI=1S/C4H9NO.C4H11N.C3H9NO2S.C3H7NO.2C3H9N.C2H7NO2S.3CH4/c1-4(6)5(2)3;1-4-5(2)3;1-4(2)7(3,5)6;1-3(5)4-2;1-4(2)3;1-3-4-2;1-3-6(2,4)5;;;/h1-3H3;4H2,1-3H3;1-3H3;1-2H3,(H,4,5);1-3H3;4H,3H2,1-2H3;3H,1-2H3;3*1H4. The molecule has 13 nitrogen and oxygen atoms in total. The number of nitrogens with zero attached hydrogens (tertiary/aromatic N) is 4. The van der Waals surface area contributed by atoms with Crippen LogP contribution in [0.4, 0.5) is 0 Å². The fraction of sp³-hybridized carbons (Fsp3) is 0.920. The van der Waals surface area contributed by atoms with Crippen LogP contribution in [0.5, 0.6) is 0 Å². The SMILES string of the molecule is C.C.C.CC(=O)N(C)C.CCN(C)C.CCNC.CN(C)C.CN(C)S(C)(=O)=O.CNC(C)=O.CNS(C)(=O)=O. The number of sulfonamides is 2. The first-order chi connectivity index (χ1) is 16.3. The fourth-order valence-electron chi connectivity index (χ4n) is 0. The zero-order valence-corrected chi connectivity index (χ0v) is 28.6. The van der Waals surface area contributed by atoms with Crippen LogP contribution >= 0.6 is 0 Å². The quantitative estimate of drug-likeness (QED) is 0.418. The molecule has 3 N–H and O–H groups in total. The minimum absolute atomic E-state index is 0. The highest BCUT2D eigenvalue weighted by Crippen LogP contribution is 1.83. The molecule has 0 saturated carbocycles. The molecule has 0 aromatic heterocycles. The molecular formula is C25H73N7O6S2. The summed E-state index contributed by atoms with van der Waals surface area (Å²) in [4.78, 5) is 25.4. The Labute approximate surface area is 252 Å². The molecule has 0 aliphatic heterocycles. The third-order valence-electron chi connectivity index (χ3n) is 3.00. The van der Waals surface area contributed by atoms with E-state index in [0.29, 0.717) is 0 Å². The van der Waals surface area contributed by atoms with E-state index in [9.17, 15) is 26.4 Å². The molecule has 0 radical (unpaired) electrons. The Morgan fingerprint density at radius 3 is 0.850 bits per heavy atom. The predicted octanol–water partition coefficient (Wildman–Crippen LogP) is 1.40. The Hall–Kier alpha value is -1.36. The molecule has 0 unspecified atom stereocenters. The Kier molecular flexibility index (Phi) is 74.5. The molecule has 0 fully saturated rings. The van der Waals surface area contributed by atoms with Gasteiger partial charge in [-0.15, -0.1) is 0 Å². The van der Waals surface area contributed by atoms with Gasteiger partial charge in [0.1, 0.15) is 0 Å². The maximum atomic E-state index is 10.3. The molecule has 40 heavy (non-hydrogen) atoms. The van der Waals surface area contributed by atoms with Gasteiger partial charge in [0.25, 0.3) is 0 Å². The monoisotopic (exact) mass is 632 g/mol. The summed E-state index contributed by atoms with van der Waals surface area (Å²) in [5.74, 6) is 0.0972. The van der Waals surface area contributed by atoms with E-state index in [4.69, 9.17) is 0 Å². The second kappa shape index (κ2) is 44.7. The summed E-state index contributed by atoms with van der Waals surface area (Å²) >= 11 is 0. The van der Waals surface area contributed by atoms with Crippen molar-refractivity contribution in [1.29, 1.82) is 0 Å². The van der Waals surface area contributed by atoms with Gasteiger partial charge in [-0.05, 0) is 62.4 Å². The summed E-state index contributed by atoms with van der Waals surface area (Å²) in [7, 11) is 15.6. The highest BCUT2D eigenvalue weighted by molar-refractivity contribution is 7.88. The smallest absolute Gasteiger partial charge is 0.218 e. The largest absolute Gasteiger partial charge is 0.359 e. The third kappa shape index (κ3) is 168. The van der Waals surface area contributed by atoms with Crippen molar-refractivity contribution in [3.05, 3.63) is 0 Å².